The second kappa shape index (κ2) is 4.30. The van der Waals surface area contributed by atoms with Crippen molar-refractivity contribution in [2.75, 3.05) is 19.6 Å². The molecule has 2 bridgehead atoms. The summed E-state index contributed by atoms with van der Waals surface area (Å²) in [5.74, 6) is 1.69. The Morgan fingerprint density at radius 2 is 2.12 bits per heavy atom. The van der Waals surface area contributed by atoms with E-state index >= 15 is 0 Å². The number of allylic oxidation sites excluding steroid dienone is 4. The fourth-order valence-corrected chi connectivity index (χ4v) is 3.05. The number of rotatable bonds is 2. The van der Waals surface area contributed by atoms with Crippen molar-refractivity contribution in [2.24, 2.45) is 5.92 Å². The maximum atomic E-state index is 6.11. The van der Waals surface area contributed by atoms with Crippen LogP contribution in [0.2, 0.25) is 0 Å². The van der Waals surface area contributed by atoms with Crippen LogP contribution in [0.25, 0.3) is 0 Å². The van der Waals surface area contributed by atoms with Gasteiger partial charge < -0.3 is 4.74 Å². The van der Waals surface area contributed by atoms with Crippen molar-refractivity contribution in [1.29, 1.82) is 0 Å². The van der Waals surface area contributed by atoms with Gasteiger partial charge in [0.2, 0.25) is 0 Å². The van der Waals surface area contributed by atoms with Crippen LogP contribution in [0.1, 0.15) is 19.3 Å². The van der Waals surface area contributed by atoms with Crippen LogP contribution in [0.3, 0.4) is 0 Å². The second-order valence-corrected chi connectivity index (χ2v) is 5.37. The summed E-state index contributed by atoms with van der Waals surface area (Å²) in [5.41, 5.74) is 0. The summed E-state index contributed by atoms with van der Waals surface area (Å²) in [7, 11) is 0. The Kier molecular flexibility index (Phi) is 2.82. The van der Waals surface area contributed by atoms with Crippen molar-refractivity contribution >= 4 is 17.1 Å². The van der Waals surface area contributed by atoms with Crippen LogP contribution in [0.15, 0.2) is 24.0 Å². The smallest absolute Gasteiger partial charge is 0.134 e. The van der Waals surface area contributed by atoms with Crippen LogP contribution in [-0.4, -0.2) is 35.5 Å². The third kappa shape index (κ3) is 1.94. The molecule has 4 aliphatic rings. The highest BCUT2D eigenvalue weighted by atomic mass is 32.1. The molecule has 3 heterocycles. The number of fused-ring (bicyclic) bond motifs is 3. The van der Waals surface area contributed by atoms with Crippen LogP contribution >= 0.6 is 12.2 Å². The van der Waals surface area contributed by atoms with Gasteiger partial charge in [-0.1, -0.05) is 24.4 Å². The normalized spacial score (nSPS) is 37.4. The molecule has 0 radical (unpaired) electrons. The van der Waals surface area contributed by atoms with Gasteiger partial charge in [0.05, 0.1) is 4.86 Å². The molecule has 0 N–H and O–H groups in total. The lowest BCUT2D eigenvalue weighted by Crippen LogP contribution is -2.51. The first-order valence-corrected chi connectivity index (χ1v) is 6.53. The minimum Gasteiger partial charge on any atom is -0.488 e. The standard InChI is InChI=1S/C13H17NOS/c16-13-4-2-1-3-11(13)15-12-9-14-7-5-10(12)6-8-14/h1-3,10,12H,4-9H2. The van der Waals surface area contributed by atoms with E-state index in [1.807, 2.05) is 12.2 Å². The summed E-state index contributed by atoms with van der Waals surface area (Å²) in [5, 5.41) is 0. The maximum absolute atomic E-state index is 6.11. The molecule has 0 spiro atoms. The van der Waals surface area contributed by atoms with E-state index in [9.17, 15) is 0 Å². The minimum atomic E-state index is 0.373. The summed E-state index contributed by atoms with van der Waals surface area (Å²) in [6.45, 7) is 3.61. The molecule has 0 aromatic rings. The van der Waals surface area contributed by atoms with Crippen molar-refractivity contribution in [3.8, 4) is 0 Å². The minimum absolute atomic E-state index is 0.373. The number of hydrogen-bond acceptors (Lipinski definition) is 3. The van der Waals surface area contributed by atoms with Crippen molar-refractivity contribution in [3.05, 3.63) is 24.0 Å². The van der Waals surface area contributed by atoms with E-state index in [0.717, 1.165) is 29.5 Å². The number of nitrogens with zero attached hydrogens (tertiary/aromatic N) is 1. The molecule has 0 saturated carbocycles. The molecule has 3 aliphatic heterocycles. The van der Waals surface area contributed by atoms with E-state index in [1.54, 1.807) is 0 Å². The second-order valence-electron chi connectivity index (χ2n) is 4.88. The van der Waals surface area contributed by atoms with Gasteiger partial charge in [0.1, 0.15) is 11.9 Å². The first-order valence-electron chi connectivity index (χ1n) is 6.12. The SMILES string of the molecule is S=C1CC=CC=C1OC1CN2CCC1CC2. The van der Waals surface area contributed by atoms with Crippen molar-refractivity contribution in [1.82, 2.24) is 4.90 Å². The first-order chi connectivity index (χ1) is 7.83. The van der Waals surface area contributed by atoms with Gasteiger partial charge >= 0.3 is 0 Å². The molecule has 3 fully saturated rings. The molecule has 86 valence electrons. The monoisotopic (exact) mass is 235 g/mol. The lowest BCUT2D eigenvalue weighted by molar-refractivity contribution is -0.0363. The summed E-state index contributed by atoms with van der Waals surface area (Å²) in [4.78, 5) is 3.46. The average Bonchev–Trinajstić information content (AvgIpc) is 2.34. The molecule has 0 amide bonds. The van der Waals surface area contributed by atoms with E-state index in [4.69, 9.17) is 17.0 Å². The summed E-state index contributed by atoms with van der Waals surface area (Å²) >= 11 is 5.32. The van der Waals surface area contributed by atoms with E-state index in [0.29, 0.717) is 6.10 Å². The molecule has 16 heavy (non-hydrogen) atoms. The van der Waals surface area contributed by atoms with E-state index in [2.05, 4.69) is 11.0 Å². The number of thiocarbonyl (C=S) groups is 1. The molecular formula is C13H17NOS. The Morgan fingerprint density at radius 1 is 1.31 bits per heavy atom. The zero-order valence-corrected chi connectivity index (χ0v) is 10.2. The van der Waals surface area contributed by atoms with Gasteiger partial charge in [0, 0.05) is 13.0 Å². The predicted octanol–water partition coefficient (Wildman–Crippen LogP) is 2.31. The highest BCUT2D eigenvalue weighted by Gasteiger charge is 2.36. The Labute approximate surface area is 102 Å². The van der Waals surface area contributed by atoms with Gasteiger partial charge in [0.25, 0.3) is 0 Å². The zero-order chi connectivity index (χ0) is 11.0. The predicted molar refractivity (Wildman–Crippen MR) is 68.5 cm³/mol. The average molecular weight is 235 g/mol. The molecule has 3 saturated heterocycles. The molecule has 1 unspecified atom stereocenters. The molecule has 0 aromatic carbocycles. The molecule has 4 rings (SSSR count). The van der Waals surface area contributed by atoms with Crippen molar-refractivity contribution < 1.29 is 4.74 Å². The number of ether oxygens (including phenoxy) is 1. The summed E-state index contributed by atoms with van der Waals surface area (Å²) in [6, 6.07) is 0. The zero-order valence-electron chi connectivity index (χ0n) is 9.39. The quantitative estimate of drug-likeness (QED) is 0.682. The van der Waals surface area contributed by atoms with Gasteiger partial charge in [-0.25, -0.2) is 0 Å². The van der Waals surface area contributed by atoms with Gasteiger partial charge in [-0.2, -0.15) is 0 Å². The van der Waals surface area contributed by atoms with Gasteiger partial charge in [0.15, 0.2) is 0 Å². The Balaban J connectivity index is 1.68. The van der Waals surface area contributed by atoms with Crippen LogP contribution in [0.4, 0.5) is 0 Å². The van der Waals surface area contributed by atoms with E-state index in [1.165, 1.54) is 25.9 Å². The molecule has 1 atom stereocenters. The molecule has 3 heteroatoms. The molecule has 0 aromatic heterocycles. The van der Waals surface area contributed by atoms with Crippen LogP contribution in [0, 0.1) is 5.92 Å². The topological polar surface area (TPSA) is 12.5 Å². The highest BCUT2D eigenvalue weighted by Crippen LogP contribution is 2.31. The third-order valence-electron chi connectivity index (χ3n) is 3.84. The Bertz CT molecular complexity index is 353. The van der Waals surface area contributed by atoms with Crippen LogP contribution < -0.4 is 0 Å². The van der Waals surface area contributed by atoms with Crippen molar-refractivity contribution in [2.45, 2.75) is 25.4 Å². The van der Waals surface area contributed by atoms with Gasteiger partial charge in [-0.3, -0.25) is 4.90 Å². The fraction of sp³-hybridized carbons (Fsp3) is 0.615. The molecule has 2 nitrogen and oxygen atoms in total. The Morgan fingerprint density at radius 3 is 2.75 bits per heavy atom. The summed E-state index contributed by atoms with van der Waals surface area (Å²) < 4.78 is 6.11. The number of piperidine rings is 3. The molecular weight excluding hydrogens is 218 g/mol. The van der Waals surface area contributed by atoms with Crippen molar-refractivity contribution in [3.63, 3.8) is 0 Å². The van der Waals surface area contributed by atoms with Crippen LogP contribution in [0.5, 0.6) is 0 Å². The van der Waals surface area contributed by atoms with E-state index < -0.39 is 0 Å². The summed E-state index contributed by atoms with van der Waals surface area (Å²) in [6.07, 6.45) is 9.98. The third-order valence-corrected chi connectivity index (χ3v) is 4.20. The Hall–Kier alpha value is -0.670. The van der Waals surface area contributed by atoms with Crippen LogP contribution in [-0.2, 0) is 4.74 Å². The number of hydrogen-bond donors (Lipinski definition) is 0. The van der Waals surface area contributed by atoms with E-state index in [-0.39, 0.29) is 0 Å². The highest BCUT2D eigenvalue weighted by molar-refractivity contribution is 7.80. The lowest BCUT2D eigenvalue weighted by atomic mass is 9.86. The fourth-order valence-electron chi connectivity index (χ4n) is 2.84. The molecule has 1 aliphatic carbocycles. The largest absolute Gasteiger partial charge is 0.488 e. The maximum Gasteiger partial charge on any atom is 0.134 e. The first kappa shape index (κ1) is 10.5. The van der Waals surface area contributed by atoms with Gasteiger partial charge in [-0.05, 0) is 37.9 Å². The van der Waals surface area contributed by atoms with Gasteiger partial charge in [-0.15, -0.1) is 0 Å². The lowest BCUT2D eigenvalue weighted by Gasteiger charge is -2.44.